The first kappa shape index (κ1) is 19.7. The molecule has 30 heavy (non-hydrogen) atoms. The Labute approximate surface area is 174 Å². The van der Waals surface area contributed by atoms with E-state index in [1.807, 2.05) is 68.5 Å². The van der Waals surface area contributed by atoms with Crippen LogP contribution in [0.25, 0.3) is 17.5 Å². The molecule has 2 heterocycles. The van der Waals surface area contributed by atoms with E-state index in [1.165, 1.54) is 0 Å². The van der Waals surface area contributed by atoms with E-state index < -0.39 is 0 Å². The highest BCUT2D eigenvalue weighted by atomic mass is 16.7. The first-order valence-electron chi connectivity index (χ1n) is 9.86. The fourth-order valence-electron chi connectivity index (χ4n) is 3.18. The molecule has 2 aromatic carbocycles. The molecule has 0 fully saturated rings. The summed E-state index contributed by atoms with van der Waals surface area (Å²) in [4.78, 5) is 18.9. The zero-order chi connectivity index (χ0) is 20.9. The normalized spacial score (nSPS) is 12.6. The van der Waals surface area contributed by atoms with Crippen molar-refractivity contribution in [2.24, 2.45) is 0 Å². The molecule has 0 bridgehead atoms. The Hall–Kier alpha value is -3.61. The molecule has 0 saturated carbocycles. The van der Waals surface area contributed by atoms with Gasteiger partial charge in [-0.1, -0.05) is 35.5 Å². The van der Waals surface area contributed by atoms with Crippen LogP contribution in [0.1, 0.15) is 25.3 Å². The molecule has 1 aliphatic rings. The van der Waals surface area contributed by atoms with E-state index in [1.54, 1.807) is 11.0 Å². The number of hydrogen-bond donors (Lipinski definition) is 0. The van der Waals surface area contributed by atoms with E-state index in [-0.39, 0.29) is 18.7 Å². The zero-order valence-electron chi connectivity index (χ0n) is 16.9. The topological polar surface area (TPSA) is 77.7 Å². The summed E-state index contributed by atoms with van der Waals surface area (Å²) in [6, 6.07) is 15.3. The minimum absolute atomic E-state index is 0.0502. The summed E-state index contributed by atoms with van der Waals surface area (Å²) < 4.78 is 16.1. The Morgan fingerprint density at radius 3 is 2.73 bits per heavy atom. The number of rotatable bonds is 7. The Morgan fingerprint density at radius 1 is 1.13 bits per heavy atom. The smallest absolute Gasteiger partial charge is 0.246 e. The molecule has 7 nitrogen and oxygen atoms in total. The third kappa shape index (κ3) is 4.51. The van der Waals surface area contributed by atoms with Gasteiger partial charge in [-0.05, 0) is 43.7 Å². The molecule has 1 aromatic heterocycles. The third-order valence-corrected chi connectivity index (χ3v) is 4.79. The number of nitrogens with zero attached hydrogens (tertiary/aromatic N) is 3. The molecule has 1 aliphatic heterocycles. The molecule has 0 spiro atoms. The van der Waals surface area contributed by atoms with Crippen LogP contribution in [-0.2, 0) is 11.2 Å². The van der Waals surface area contributed by atoms with Crippen LogP contribution in [0.5, 0.6) is 11.5 Å². The van der Waals surface area contributed by atoms with Gasteiger partial charge in [0.2, 0.25) is 24.4 Å². The maximum absolute atomic E-state index is 12.7. The largest absolute Gasteiger partial charge is 0.454 e. The van der Waals surface area contributed by atoms with Gasteiger partial charge in [-0.15, -0.1) is 0 Å². The minimum atomic E-state index is -0.0515. The lowest BCUT2D eigenvalue weighted by molar-refractivity contribution is -0.127. The average Bonchev–Trinajstić information content (AvgIpc) is 3.41. The number of ether oxygens (including phenoxy) is 2. The second kappa shape index (κ2) is 8.82. The number of carbonyl (C=O) groups is 1. The molecule has 0 radical (unpaired) electrons. The molecule has 0 unspecified atom stereocenters. The van der Waals surface area contributed by atoms with Crippen LogP contribution >= 0.6 is 0 Å². The van der Waals surface area contributed by atoms with Gasteiger partial charge in [-0.3, -0.25) is 4.79 Å². The van der Waals surface area contributed by atoms with E-state index in [4.69, 9.17) is 14.0 Å². The molecule has 0 aliphatic carbocycles. The molecule has 0 atom stereocenters. The van der Waals surface area contributed by atoms with Crippen LogP contribution in [0.4, 0.5) is 0 Å². The third-order valence-electron chi connectivity index (χ3n) is 4.79. The Balaban J connectivity index is 1.40. The van der Waals surface area contributed by atoms with Gasteiger partial charge >= 0.3 is 0 Å². The van der Waals surface area contributed by atoms with Gasteiger partial charge in [0.15, 0.2) is 11.5 Å². The van der Waals surface area contributed by atoms with Crippen molar-refractivity contribution in [1.29, 1.82) is 0 Å². The van der Waals surface area contributed by atoms with Crippen molar-refractivity contribution in [1.82, 2.24) is 15.0 Å². The summed E-state index contributed by atoms with van der Waals surface area (Å²) in [5, 5.41) is 4.06. The van der Waals surface area contributed by atoms with Gasteiger partial charge in [0.25, 0.3) is 0 Å². The van der Waals surface area contributed by atoms with E-state index in [0.717, 1.165) is 11.1 Å². The SMILES string of the molecule is CC(C)N(CCc1nc(-c2ccc3c(c2)OCO3)no1)C(=O)C=Cc1ccccc1. The predicted molar refractivity (Wildman–Crippen MR) is 112 cm³/mol. The van der Waals surface area contributed by atoms with Crippen LogP contribution in [-0.4, -0.2) is 40.3 Å². The second-order valence-electron chi connectivity index (χ2n) is 7.20. The minimum Gasteiger partial charge on any atom is -0.454 e. The van der Waals surface area contributed by atoms with Crippen LogP contribution in [0.2, 0.25) is 0 Å². The van der Waals surface area contributed by atoms with Gasteiger partial charge < -0.3 is 18.9 Å². The predicted octanol–water partition coefficient (Wildman–Crippen LogP) is 3.96. The molecular weight excluding hydrogens is 382 g/mol. The van der Waals surface area contributed by atoms with Gasteiger partial charge in [0.05, 0.1) is 0 Å². The quantitative estimate of drug-likeness (QED) is 0.554. The molecule has 1 amide bonds. The second-order valence-corrected chi connectivity index (χ2v) is 7.20. The van der Waals surface area contributed by atoms with Crippen molar-refractivity contribution >= 4 is 12.0 Å². The average molecular weight is 405 g/mol. The van der Waals surface area contributed by atoms with E-state index in [0.29, 0.717) is 36.2 Å². The Morgan fingerprint density at radius 2 is 1.93 bits per heavy atom. The van der Waals surface area contributed by atoms with Crippen molar-refractivity contribution < 1.29 is 18.8 Å². The standard InChI is InChI=1S/C23H23N3O4/c1-16(2)26(22(27)11-8-17-6-4-3-5-7-17)13-12-21-24-23(25-30-21)18-9-10-19-20(14-18)29-15-28-19/h3-11,14,16H,12-13,15H2,1-2H3. The summed E-state index contributed by atoms with van der Waals surface area (Å²) in [5.41, 5.74) is 1.77. The molecule has 3 aromatic rings. The molecule has 4 rings (SSSR count). The lowest BCUT2D eigenvalue weighted by Crippen LogP contribution is -2.37. The van der Waals surface area contributed by atoms with Gasteiger partial charge in [0.1, 0.15) is 0 Å². The van der Waals surface area contributed by atoms with Gasteiger partial charge in [-0.25, -0.2) is 0 Å². The molecule has 154 valence electrons. The monoisotopic (exact) mass is 405 g/mol. The summed E-state index contributed by atoms with van der Waals surface area (Å²) in [7, 11) is 0. The lowest BCUT2D eigenvalue weighted by Gasteiger charge is -2.24. The van der Waals surface area contributed by atoms with Gasteiger partial charge in [0, 0.05) is 30.6 Å². The summed E-state index contributed by atoms with van der Waals surface area (Å²) in [5.74, 6) is 2.28. The molecule has 7 heteroatoms. The van der Waals surface area contributed by atoms with Crippen molar-refractivity contribution in [2.45, 2.75) is 26.3 Å². The highest BCUT2D eigenvalue weighted by molar-refractivity contribution is 5.92. The van der Waals surface area contributed by atoms with E-state index >= 15 is 0 Å². The van der Waals surface area contributed by atoms with Crippen LogP contribution in [0.15, 0.2) is 59.1 Å². The summed E-state index contributed by atoms with van der Waals surface area (Å²) >= 11 is 0. The van der Waals surface area contributed by atoms with Crippen LogP contribution in [0.3, 0.4) is 0 Å². The van der Waals surface area contributed by atoms with Crippen molar-refractivity contribution in [3.8, 4) is 22.9 Å². The van der Waals surface area contributed by atoms with Crippen molar-refractivity contribution in [3.63, 3.8) is 0 Å². The highest BCUT2D eigenvalue weighted by Gasteiger charge is 2.18. The molecule has 0 N–H and O–H groups in total. The number of benzene rings is 2. The Kier molecular flexibility index (Phi) is 5.79. The van der Waals surface area contributed by atoms with Crippen LogP contribution < -0.4 is 9.47 Å². The highest BCUT2D eigenvalue weighted by Crippen LogP contribution is 2.35. The number of fused-ring (bicyclic) bond motifs is 1. The van der Waals surface area contributed by atoms with Gasteiger partial charge in [-0.2, -0.15) is 4.98 Å². The van der Waals surface area contributed by atoms with Crippen LogP contribution in [0, 0.1) is 0 Å². The molecular formula is C23H23N3O4. The van der Waals surface area contributed by atoms with Crippen molar-refractivity contribution in [2.75, 3.05) is 13.3 Å². The summed E-state index contributed by atoms with van der Waals surface area (Å²) in [6.07, 6.45) is 3.89. The molecule has 0 saturated heterocycles. The maximum atomic E-state index is 12.7. The Bertz CT molecular complexity index is 1040. The number of carbonyl (C=O) groups excluding carboxylic acids is 1. The van der Waals surface area contributed by atoms with E-state index in [9.17, 15) is 4.79 Å². The first-order valence-corrected chi connectivity index (χ1v) is 9.86. The maximum Gasteiger partial charge on any atom is 0.246 e. The number of aromatic nitrogens is 2. The number of amides is 1. The van der Waals surface area contributed by atoms with Crippen molar-refractivity contribution in [3.05, 3.63) is 66.1 Å². The zero-order valence-corrected chi connectivity index (χ0v) is 16.9. The first-order chi connectivity index (χ1) is 14.6. The lowest BCUT2D eigenvalue weighted by atomic mass is 10.2. The number of hydrogen-bond acceptors (Lipinski definition) is 6. The fourth-order valence-corrected chi connectivity index (χ4v) is 3.18. The fraction of sp³-hybridized carbons (Fsp3) is 0.261. The summed E-state index contributed by atoms with van der Waals surface area (Å²) in [6.45, 7) is 4.67. The van der Waals surface area contributed by atoms with E-state index in [2.05, 4.69) is 10.1 Å².